The van der Waals surface area contributed by atoms with E-state index >= 15 is 0 Å². The van der Waals surface area contributed by atoms with Gasteiger partial charge in [0.15, 0.2) is 0 Å². The molecule has 3 rings (SSSR count). The Kier molecular flexibility index (Phi) is 5.41. The van der Waals surface area contributed by atoms with Crippen molar-refractivity contribution in [3.05, 3.63) is 0 Å². The minimum atomic E-state index is -0.0783. The Bertz CT molecular complexity index is 436. The number of likely N-dealkylation sites (tertiary alicyclic amines) is 2. The summed E-state index contributed by atoms with van der Waals surface area (Å²) in [6, 6.07) is 0.263. The first-order valence-electron chi connectivity index (χ1n) is 9.13. The van der Waals surface area contributed by atoms with E-state index in [0.717, 1.165) is 31.8 Å². The first kappa shape index (κ1) is 16.6. The maximum Gasteiger partial charge on any atom is 0.315 e. The van der Waals surface area contributed by atoms with E-state index in [0.29, 0.717) is 13.0 Å². The summed E-state index contributed by atoms with van der Waals surface area (Å²) in [6.45, 7) is 3.90. The quantitative estimate of drug-likeness (QED) is 0.817. The summed E-state index contributed by atoms with van der Waals surface area (Å²) >= 11 is 0. The molecule has 2 aliphatic heterocycles. The number of nitrogens with zero attached hydrogens (tertiary/aromatic N) is 2. The van der Waals surface area contributed by atoms with Gasteiger partial charge in [0, 0.05) is 51.7 Å². The second-order valence-corrected chi connectivity index (χ2v) is 7.52. The molecule has 2 saturated heterocycles. The van der Waals surface area contributed by atoms with Crippen LogP contribution >= 0.6 is 0 Å². The Balaban J connectivity index is 1.36. The molecule has 6 heteroatoms. The lowest BCUT2D eigenvalue weighted by Gasteiger charge is -2.30. The van der Waals surface area contributed by atoms with E-state index < -0.39 is 0 Å². The maximum absolute atomic E-state index is 12.2. The fraction of sp³-hybridized carbons (Fsp3) is 0.882. The number of hydrogen-bond donors (Lipinski definition) is 2. The molecule has 0 bridgehead atoms. The molecule has 0 aromatic carbocycles. The topological polar surface area (TPSA) is 64.7 Å². The van der Waals surface area contributed by atoms with Crippen LogP contribution in [-0.2, 0) is 4.79 Å². The number of amides is 3. The second kappa shape index (κ2) is 7.51. The number of likely N-dealkylation sites (N-methyl/N-ethyl adjacent to an activating group) is 1. The highest BCUT2D eigenvalue weighted by Gasteiger charge is 2.28. The van der Waals surface area contributed by atoms with Crippen LogP contribution in [0.2, 0.25) is 0 Å². The maximum atomic E-state index is 12.2. The summed E-state index contributed by atoms with van der Waals surface area (Å²) in [5.74, 6) is 1.04. The van der Waals surface area contributed by atoms with Crippen molar-refractivity contribution in [3.8, 4) is 0 Å². The fourth-order valence-electron chi connectivity index (χ4n) is 4.22. The zero-order chi connectivity index (χ0) is 16.2. The molecule has 6 nitrogen and oxygen atoms in total. The van der Waals surface area contributed by atoms with E-state index in [9.17, 15) is 9.59 Å². The third-order valence-corrected chi connectivity index (χ3v) is 5.56. The van der Waals surface area contributed by atoms with Crippen molar-refractivity contribution in [2.75, 3.05) is 33.2 Å². The van der Waals surface area contributed by atoms with E-state index in [4.69, 9.17) is 0 Å². The molecule has 0 spiro atoms. The second-order valence-electron chi connectivity index (χ2n) is 7.52. The summed E-state index contributed by atoms with van der Waals surface area (Å²) in [6.07, 6.45) is 7.85. The predicted molar refractivity (Wildman–Crippen MR) is 89.1 cm³/mol. The average Bonchev–Trinajstić information content (AvgIpc) is 3.16. The van der Waals surface area contributed by atoms with Gasteiger partial charge in [0.05, 0.1) is 0 Å². The van der Waals surface area contributed by atoms with Gasteiger partial charge in [-0.1, -0.05) is 12.8 Å². The van der Waals surface area contributed by atoms with Gasteiger partial charge in [-0.2, -0.15) is 0 Å². The molecule has 3 fully saturated rings. The van der Waals surface area contributed by atoms with Crippen LogP contribution in [0, 0.1) is 5.92 Å². The van der Waals surface area contributed by atoms with Crippen LogP contribution in [0.25, 0.3) is 0 Å². The van der Waals surface area contributed by atoms with Gasteiger partial charge in [-0.15, -0.1) is 0 Å². The average molecular weight is 322 g/mol. The van der Waals surface area contributed by atoms with Crippen LogP contribution in [0.4, 0.5) is 4.79 Å². The number of rotatable bonds is 4. The Morgan fingerprint density at radius 1 is 1.09 bits per heavy atom. The minimum absolute atomic E-state index is 0.0775. The third kappa shape index (κ3) is 4.59. The van der Waals surface area contributed by atoms with Gasteiger partial charge in [0.2, 0.25) is 5.91 Å². The smallest absolute Gasteiger partial charge is 0.315 e. The molecule has 2 atom stereocenters. The number of nitrogens with one attached hydrogen (secondary N) is 2. The first-order valence-corrected chi connectivity index (χ1v) is 9.13. The molecule has 0 aromatic heterocycles. The summed E-state index contributed by atoms with van der Waals surface area (Å²) in [4.78, 5) is 27.8. The SMILES string of the molecule is CN1C[C@H](NC(=O)N[C@H]2CCN(CC3CCCC3)C2)CCC1=O. The summed E-state index contributed by atoms with van der Waals surface area (Å²) in [5.41, 5.74) is 0. The normalized spacial score (nSPS) is 30.0. The monoisotopic (exact) mass is 322 g/mol. The molecule has 2 N–H and O–H groups in total. The highest BCUT2D eigenvalue weighted by molar-refractivity contribution is 5.78. The molecule has 0 aromatic rings. The van der Waals surface area contributed by atoms with Crippen molar-refractivity contribution in [1.29, 1.82) is 0 Å². The third-order valence-electron chi connectivity index (χ3n) is 5.56. The Hall–Kier alpha value is -1.30. The van der Waals surface area contributed by atoms with Gasteiger partial charge >= 0.3 is 6.03 Å². The van der Waals surface area contributed by atoms with Crippen LogP contribution in [0.15, 0.2) is 0 Å². The molecule has 3 amide bonds. The highest BCUT2D eigenvalue weighted by atomic mass is 16.2. The fourth-order valence-corrected chi connectivity index (χ4v) is 4.22. The molecule has 2 heterocycles. The van der Waals surface area contributed by atoms with Crippen molar-refractivity contribution in [2.24, 2.45) is 5.92 Å². The number of piperidine rings is 1. The van der Waals surface area contributed by atoms with Gasteiger partial charge in [-0.25, -0.2) is 4.79 Å². The van der Waals surface area contributed by atoms with Gasteiger partial charge in [0.1, 0.15) is 0 Å². The van der Waals surface area contributed by atoms with E-state index in [2.05, 4.69) is 15.5 Å². The molecule has 0 radical (unpaired) electrons. The lowest BCUT2D eigenvalue weighted by Crippen LogP contribution is -2.53. The number of carbonyl (C=O) groups is 2. The molecular weight excluding hydrogens is 292 g/mol. The van der Waals surface area contributed by atoms with Crippen molar-refractivity contribution in [2.45, 2.75) is 57.0 Å². The lowest BCUT2D eigenvalue weighted by molar-refractivity contribution is -0.132. The van der Waals surface area contributed by atoms with Gasteiger partial charge in [-0.05, 0) is 31.6 Å². The molecule has 1 saturated carbocycles. The van der Waals surface area contributed by atoms with Crippen molar-refractivity contribution >= 4 is 11.9 Å². The standard InChI is InChI=1S/C17H30N4O2/c1-20-11-14(6-7-16(20)22)18-17(23)19-15-8-9-21(12-15)10-13-4-2-3-5-13/h13-15H,2-12H2,1H3,(H2,18,19,23)/t14-,15+/m1/s1. The Morgan fingerprint density at radius 3 is 2.48 bits per heavy atom. The van der Waals surface area contributed by atoms with Crippen LogP contribution in [0.1, 0.15) is 44.9 Å². The van der Waals surface area contributed by atoms with Crippen LogP contribution in [0.5, 0.6) is 0 Å². The Morgan fingerprint density at radius 2 is 1.78 bits per heavy atom. The van der Waals surface area contributed by atoms with Crippen LogP contribution in [0.3, 0.4) is 0 Å². The molecule has 23 heavy (non-hydrogen) atoms. The first-order chi connectivity index (χ1) is 11.1. The lowest BCUT2D eigenvalue weighted by atomic mass is 10.1. The summed E-state index contributed by atoms with van der Waals surface area (Å²) in [7, 11) is 1.80. The van der Waals surface area contributed by atoms with Crippen molar-refractivity contribution in [1.82, 2.24) is 20.4 Å². The van der Waals surface area contributed by atoms with E-state index in [-0.39, 0.29) is 24.0 Å². The molecular formula is C17H30N4O2. The van der Waals surface area contributed by atoms with Crippen LogP contribution in [-0.4, -0.2) is 67.0 Å². The minimum Gasteiger partial charge on any atom is -0.344 e. The van der Waals surface area contributed by atoms with Gasteiger partial charge < -0.3 is 20.4 Å². The molecule has 1 aliphatic carbocycles. The van der Waals surface area contributed by atoms with E-state index in [1.807, 2.05) is 0 Å². The van der Waals surface area contributed by atoms with E-state index in [1.54, 1.807) is 11.9 Å². The van der Waals surface area contributed by atoms with E-state index in [1.165, 1.54) is 32.2 Å². The zero-order valence-corrected chi connectivity index (χ0v) is 14.2. The van der Waals surface area contributed by atoms with Gasteiger partial charge in [0.25, 0.3) is 0 Å². The number of urea groups is 1. The zero-order valence-electron chi connectivity index (χ0n) is 14.2. The van der Waals surface area contributed by atoms with Crippen molar-refractivity contribution < 1.29 is 9.59 Å². The van der Waals surface area contributed by atoms with Crippen LogP contribution < -0.4 is 10.6 Å². The predicted octanol–water partition coefficient (Wildman–Crippen LogP) is 1.17. The molecule has 0 unspecified atom stereocenters. The highest BCUT2D eigenvalue weighted by Crippen LogP contribution is 2.26. The number of carbonyl (C=O) groups excluding carboxylic acids is 2. The van der Waals surface area contributed by atoms with Crippen molar-refractivity contribution in [3.63, 3.8) is 0 Å². The van der Waals surface area contributed by atoms with Gasteiger partial charge in [-0.3, -0.25) is 4.79 Å². The largest absolute Gasteiger partial charge is 0.344 e. The molecule has 130 valence electrons. The molecule has 3 aliphatic rings. The number of hydrogen-bond acceptors (Lipinski definition) is 3. The Labute approximate surface area is 139 Å². The summed E-state index contributed by atoms with van der Waals surface area (Å²) in [5, 5.41) is 6.13. The summed E-state index contributed by atoms with van der Waals surface area (Å²) < 4.78 is 0.